The van der Waals surface area contributed by atoms with Gasteiger partial charge in [-0.3, -0.25) is 9.59 Å². The van der Waals surface area contributed by atoms with Crippen molar-refractivity contribution in [3.8, 4) is 0 Å². The van der Waals surface area contributed by atoms with Crippen molar-refractivity contribution < 1.29 is 9.59 Å². The number of nitrogens with zero attached hydrogens (tertiary/aromatic N) is 3. The molecule has 2 aromatic heterocycles. The van der Waals surface area contributed by atoms with Crippen molar-refractivity contribution in [2.24, 2.45) is 5.92 Å². The van der Waals surface area contributed by atoms with E-state index in [4.69, 9.17) is 11.1 Å². The molecule has 1 saturated heterocycles. The maximum atomic E-state index is 12.2. The van der Waals surface area contributed by atoms with Crippen molar-refractivity contribution in [1.29, 1.82) is 5.41 Å². The maximum absolute atomic E-state index is 12.2. The summed E-state index contributed by atoms with van der Waals surface area (Å²) >= 11 is 1.68. The Kier molecular flexibility index (Phi) is 7.72. The van der Waals surface area contributed by atoms with Gasteiger partial charge < -0.3 is 26.7 Å². The largest absolute Gasteiger partial charge is 0.396 e. The van der Waals surface area contributed by atoms with E-state index in [0.717, 1.165) is 24.6 Å². The first-order valence-electron chi connectivity index (χ1n) is 10.3. The average Bonchev–Trinajstić information content (AvgIpc) is 3.29. The first-order chi connectivity index (χ1) is 15.4. The van der Waals surface area contributed by atoms with E-state index < -0.39 is 11.8 Å². The molecule has 0 bridgehead atoms. The summed E-state index contributed by atoms with van der Waals surface area (Å²) in [5.74, 6) is -0.468. The van der Waals surface area contributed by atoms with Gasteiger partial charge >= 0.3 is 11.8 Å². The summed E-state index contributed by atoms with van der Waals surface area (Å²) < 4.78 is 1.26. The Morgan fingerprint density at radius 3 is 2.78 bits per heavy atom. The van der Waals surface area contributed by atoms with Crippen LogP contribution in [0.5, 0.6) is 0 Å². The van der Waals surface area contributed by atoms with E-state index in [2.05, 4.69) is 33.6 Å². The molecular formula is C22H27N7O2S. The molecule has 5 N–H and O–H groups in total. The van der Waals surface area contributed by atoms with E-state index in [1.54, 1.807) is 23.3 Å². The number of carbonyl (C=O) groups excluding carboxylic acids is 2. The van der Waals surface area contributed by atoms with Gasteiger partial charge in [0, 0.05) is 26.4 Å². The minimum Gasteiger partial charge on any atom is -0.396 e. The number of fused-ring (bicyclic) bond motifs is 1. The van der Waals surface area contributed by atoms with Crippen LogP contribution in [0.2, 0.25) is 0 Å². The molecule has 168 valence electrons. The number of benzene rings is 1. The molecule has 1 aromatic carbocycles. The zero-order chi connectivity index (χ0) is 23.1. The molecule has 0 saturated carbocycles. The molecule has 4 rings (SSSR count). The predicted molar refractivity (Wildman–Crippen MR) is 129 cm³/mol. The highest BCUT2D eigenvalue weighted by Crippen LogP contribution is 2.26. The van der Waals surface area contributed by atoms with Crippen LogP contribution in [-0.2, 0) is 9.59 Å². The van der Waals surface area contributed by atoms with Gasteiger partial charge in [0.05, 0.1) is 38.9 Å². The lowest BCUT2D eigenvalue weighted by Crippen LogP contribution is -2.44. The summed E-state index contributed by atoms with van der Waals surface area (Å²) in [4.78, 5) is 34.2. The van der Waals surface area contributed by atoms with Gasteiger partial charge in [0.2, 0.25) is 0 Å². The van der Waals surface area contributed by atoms with E-state index in [-0.39, 0.29) is 11.4 Å². The Bertz CT molecular complexity index is 1080. The highest BCUT2D eigenvalue weighted by atomic mass is 32.1. The van der Waals surface area contributed by atoms with Crippen LogP contribution in [0.4, 0.5) is 17.2 Å². The number of amides is 2. The number of para-hydroxylation sites is 1. The molecule has 0 aliphatic carbocycles. The summed E-state index contributed by atoms with van der Waals surface area (Å²) in [7, 11) is 1.66. The minimum absolute atomic E-state index is 0.201. The fourth-order valence-corrected chi connectivity index (χ4v) is 4.16. The Balaban J connectivity index is 0.000000264. The lowest BCUT2D eigenvalue weighted by atomic mass is 10.0. The molecule has 1 unspecified atom stereocenters. The summed E-state index contributed by atoms with van der Waals surface area (Å²) in [6, 6.07) is 8.13. The van der Waals surface area contributed by atoms with Gasteiger partial charge in [0.15, 0.2) is 0 Å². The number of rotatable bonds is 3. The van der Waals surface area contributed by atoms with Crippen LogP contribution in [0.1, 0.15) is 25.3 Å². The van der Waals surface area contributed by atoms with Crippen LogP contribution in [0, 0.1) is 11.3 Å². The molecule has 0 spiro atoms. The number of nitrogens with two attached hydrogens (primary N) is 1. The highest BCUT2D eigenvalue weighted by Gasteiger charge is 2.26. The fourth-order valence-electron chi connectivity index (χ4n) is 3.48. The van der Waals surface area contributed by atoms with E-state index in [0.29, 0.717) is 30.4 Å². The van der Waals surface area contributed by atoms with Crippen LogP contribution in [-0.4, -0.2) is 53.0 Å². The third-order valence-electron chi connectivity index (χ3n) is 5.16. The normalized spacial score (nSPS) is 15.4. The molecule has 32 heavy (non-hydrogen) atoms. The van der Waals surface area contributed by atoms with Crippen molar-refractivity contribution in [2.75, 3.05) is 36.5 Å². The standard InChI is InChI=1S/C15H22N6O2.C7H5NS/c1-9-4-3-5-21(8-9)15(23)14(22)20-11-7-19-13(18-2)10(6-16)12(11)17;1-2-4-7-6(3-1)8-5-9-7/h6-7,9,16H,3-5,8H2,1-2H3,(H,20,22)(H3,17,18,19);1-5H. The zero-order valence-corrected chi connectivity index (χ0v) is 18.9. The molecule has 0 radical (unpaired) electrons. The number of piperidine rings is 1. The Morgan fingerprint density at radius 1 is 1.31 bits per heavy atom. The van der Waals surface area contributed by atoms with Crippen molar-refractivity contribution in [3.63, 3.8) is 0 Å². The maximum Gasteiger partial charge on any atom is 0.314 e. The minimum atomic E-state index is -0.735. The number of carbonyl (C=O) groups is 2. The third kappa shape index (κ3) is 5.38. The van der Waals surface area contributed by atoms with Gasteiger partial charge in [-0.25, -0.2) is 9.97 Å². The molecular weight excluding hydrogens is 426 g/mol. The van der Waals surface area contributed by atoms with Crippen molar-refractivity contribution in [2.45, 2.75) is 19.8 Å². The number of likely N-dealkylation sites (tertiary alicyclic amines) is 1. The number of hydrogen-bond donors (Lipinski definition) is 4. The highest BCUT2D eigenvalue weighted by molar-refractivity contribution is 7.16. The van der Waals surface area contributed by atoms with Crippen molar-refractivity contribution in [3.05, 3.63) is 41.5 Å². The second-order valence-corrected chi connectivity index (χ2v) is 8.40. The first kappa shape index (κ1) is 23.1. The molecule has 2 amide bonds. The van der Waals surface area contributed by atoms with Gasteiger partial charge in [-0.05, 0) is 30.9 Å². The summed E-state index contributed by atoms with van der Waals surface area (Å²) in [5, 5.41) is 12.7. The molecule has 1 fully saturated rings. The van der Waals surface area contributed by atoms with Crippen molar-refractivity contribution in [1.82, 2.24) is 14.9 Å². The monoisotopic (exact) mass is 453 g/mol. The summed E-state index contributed by atoms with van der Waals surface area (Å²) in [6.45, 7) is 3.24. The zero-order valence-electron chi connectivity index (χ0n) is 18.1. The number of hydrogen-bond acceptors (Lipinski definition) is 8. The SMILES string of the molecule is CNc1ncc(NC(=O)C(=O)N2CCCC(C)C2)c(N)c1C=N.c1ccc2scnc2c1. The first-order valence-corrected chi connectivity index (χ1v) is 11.2. The lowest BCUT2D eigenvalue weighted by Gasteiger charge is -2.30. The van der Waals surface area contributed by atoms with Gasteiger partial charge in [-0.15, -0.1) is 11.3 Å². The Hall–Kier alpha value is -3.53. The quantitative estimate of drug-likeness (QED) is 0.355. The van der Waals surface area contributed by atoms with Crippen LogP contribution in [0.15, 0.2) is 36.0 Å². The fraction of sp³-hybridized carbons (Fsp3) is 0.318. The van der Waals surface area contributed by atoms with Crippen molar-refractivity contribution >= 4 is 56.8 Å². The van der Waals surface area contributed by atoms with Crippen LogP contribution < -0.4 is 16.4 Å². The van der Waals surface area contributed by atoms with Crippen LogP contribution in [0.25, 0.3) is 10.2 Å². The number of nitrogens with one attached hydrogen (secondary N) is 3. The molecule has 10 heteroatoms. The number of aromatic nitrogens is 2. The predicted octanol–water partition coefficient (Wildman–Crippen LogP) is 3.20. The molecule has 1 aliphatic rings. The summed E-state index contributed by atoms with van der Waals surface area (Å²) in [6.07, 6.45) is 4.39. The Labute approximate surface area is 190 Å². The third-order valence-corrected chi connectivity index (χ3v) is 5.97. The van der Waals surface area contributed by atoms with E-state index in [1.807, 2.05) is 23.7 Å². The molecule has 1 aliphatic heterocycles. The smallest absolute Gasteiger partial charge is 0.314 e. The second-order valence-electron chi connectivity index (χ2n) is 7.51. The van der Waals surface area contributed by atoms with E-state index in [1.165, 1.54) is 10.9 Å². The second kappa shape index (κ2) is 10.7. The average molecular weight is 454 g/mol. The van der Waals surface area contributed by atoms with E-state index in [9.17, 15) is 9.59 Å². The van der Waals surface area contributed by atoms with Gasteiger partial charge in [-0.1, -0.05) is 19.1 Å². The molecule has 3 heterocycles. The lowest BCUT2D eigenvalue weighted by molar-refractivity contribution is -0.144. The van der Waals surface area contributed by atoms with Gasteiger partial charge in [-0.2, -0.15) is 0 Å². The Morgan fingerprint density at radius 2 is 2.09 bits per heavy atom. The number of pyridine rings is 1. The molecule has 1 atom stereocenters. The number of anilines is 3. The van der Waals surface area contributed by atoms with Gasteiger partial charge in [0.1, 0.15) is 5.82 Å². The van der Waals surface area contributed by atoms with Crippen LogP contribution >= 0.6 is 11.3 Å². The van der Waals surface area contributed by atoms with Crippen LogP contribution in [0.3, 0.4) is 0 Å². The van der Waals surface area contributed by atoms with E-state index >= 15 is 0 Å². The number of nitrogen functional groups attached to an aromatic ring is 1. The molecule has 9 nitrogen and oxygen atoms in total. The van der Waals surface area contributed by atoms with Gasteiger partial charge in [0.25, 0.3) is 0 Å². The topological polar surface area (TPSA) is 137 Å². The molecule has 3 aromatic rings. The number of thiazole rings is 1. The summed E-state index contributed by atoms with van der Waals surface area (Å²) in [5.41, 5.74) is 9.71.